The number of methoxy groups -OCH3 is 1. The number of unbranched alkanes of at least 4 members (excludes halogenated alkanes) is 1. The zero-order valence-electron chi connectivity index (χ0n) is 21.1. The van der Waals surface area contributed by atoms with Crippen LogP contribution in [0.25, 0.3) is 16.6 Å². The van der Waals surface area contributed by atoms with Crippen molar-refractivity contribution in [1.29, 1.82) is 0 Å². The van der Waals surface area contributed by atoms with Crippen molar-refractivity contribution in [2.45, 2.75) is 47.0 Å². The smallest absolute Gasteiger partial charge is 0.338 e. The molecule has 0 fully saturated rings. The maximum Gasteiger partial charge on any atom is 0.338 e. The fourth-order valence-corrected chi connectivity index (χ4v) is 4.78. The third-order valence-electron chi connectivity index (χ3n) is 6.36. The van der Waals surface area contributed by atoms with Crippen molar-refractivity contribution in [3.05, 3.63) is 91.2 Å². The lowest BCUT2D eigenvalue weighted by Gasteiger charge is -2.15. The number of hydrogen-bond donors (Lipinski definition) is 0. The molecule has 0 bridgehead atoms. The van der Waals surface area contributed by atoms with E-state index in [4.69, 9.17) is 9.72 Å². The fraction of sp³-hybridized carbons (Fsp3) is 0.286. The lowest BCUT2D eigenvalue weighted by molar-refractivity contribution is 0.0600. The van der Waals surface area contributed by atoms with Gasteiger partial charge in [-0.2, -0.15) is 9.78 Å². The number of rotatable bonds is 7. The highest BCUT2D eigenvalue weighted by molar-refractivity contribution is 9.10. The fourth-order valence-electron chi connectivity index (χ4n) is 4.42. The summed E-state index contributed by atoms with van der Waals surface area (Å²) in [5.74, 6) is 0.274. The minimum Gasteiger partial charge on any atom is -0.465 e. The Morgan fingerprint density at radius 3 is 2.67 bits per heavy atom. The molecule has 2 aromatic heterocycles. The van der Waals surface area contributed by atoms with Crippen LogP contribution in [0.1, 0.15) is 58.5 Å². The van der Waals surface area contributed by atoms with Crippen LogP contribution in [0.4, 0.5) is 0 Å². The molecule has 2 aromatic carbocycles. The Labute approximate surface area is 218 Å². The second-order valence-electron chi connectivity index (χ2n) is 8.76. The number of carbonyl (C=O) groups is 1. The van der Waals surface area contributed by atoms with E-state index in [-0.39, 0.29) is 11.5 Å². The van der Waals surface area contributed by atoms with Crippen molar-refractivity contribution in [2.75, 3.05) is 7.11 Å². The molecule has 0 aliphatic heterocycles. The van der Waals surface area contributed by atoms with E-state index in [1.165, 1.54) is 11.8 Å². The van der Waals surface area contributed by atoms with E-state index in [0.717, 1.165) is 45.5 Å². The summed E-state index contributed by atoms with van der Waals surface area (Å²) >= 11 is 3.45. The maximum absolute atomic E-state index is 13.4. The first-order valence-electron chi connectivity index (χ1n) is 11.9. The molecule has 0 radical (unpaired) electrons. The monoisotopic (exact) mass is 548 g/mol. The van der Waals surface area contributed by atoms with Crippen LogP contribution in [0.3, 0.4) is 0 Å². The third-order valence-corrected chi connectivity index (χ3v) is 6.86. The van der Waals surface area contributed by atoms with Crippen molar-refractivity contribution < 1.29 is 9.53 Å². The quantitative estimate of drug-likeness (QED) is 0.213. The van der Waals surface area contributed by atoms with E-state index in [0.29, 0.717) is 28.7 Å². The molecule has 0 aliphatic carbocycles. The highest BCUT2D eigenvalue weighted by Crippen LogP contribution is 2.25. The summed E-state index contributed by atoms with van der Waals surface area (Å²) in [6, 6.07) is 13.1. The summed E-state index contributed by atoms with van der Waals surface area (Å²) in [4.78, 5) is 30.3. The van der Waals surface area contributed by atoms with Crippen LogP contribution in [-0.2, 0) is 11.2 Å². The first kappa shape index (κ1) is 25.6. The maximum atomic E-state index is 13.4. The largest absolute Gasteiger partial charge is 0.465 e. The van der Waals surface area contributed by atoms with Gasteiger partial charge in [0.1, 0.15) is 5.82 Å². The van der Waals surface area contributed by atoms with Gasteiger partial charge in [-0.1, -0.05) is 35.3 Å². The average Bonchev–Trinajstić information content (AvgIpc) is 3.15. The standard InChI is InChI=1S/C28H29BrN4O3/c1-6-7-11-26-31-24-13-12-21(29)15-23(24)27(34)33(26)30-16-20-14-17(2)32(19(20)4)25-10-8-9-22(18(25)3)28(35)36-5/h8-10,12-16H,6-7,11H2,1-5H3. The van der Waals surface area contributed by atoms with Gasteiger partial charge < -0.3 is 9.30 Å². The van der Waals surface area contributed by atoms with Gasteiger partial charge in [0.25, 0.3) is 5.56 Å². The van der Waals surface area contributed by atoms with Gasteiger partial charge in [-0.3, -0.25) is 4.79 Å². The summed E-state index contributed by atoms with van der Waals surface area (Å²) in [6.07, 6.45) is 4.27. The van der Waals surface area contributed by atoms with Crippen LogP contribution in [-0.4, -0.2) is 33.5 Å². The number of hydrogen-bond acceptors (Lipinski definition) is 5. The summed E-state index contributed by atoms with van der Waals surface area (Å²) in [5, 5.41) is 5.13. The molecule has 4 rings (SSSR count). The normalized spacial score (nSPS) is 11.5. The zero-order valence-corrected chi connectivity index (χ0v) is 22.7. The minimum atomic E-state index is -0.368. The molecule has 0 spiro atoms. The molecule has 0 unspecified atom stereocenters. The van der Waals surface area contributed by atoms with Crippen molar-refractivity contribution in [1.82, 2.24) is 14.2 Å². The van der Waals surface area contributed by atoms with Crippen molar-refractivity contribution >= 4 is 39.0 Å². The molecule has 36 heavy (non-hydrogen) atoms. The van der Waals surface area contributed by atoms with Crippen molar-refractivity contribution in [3.63, 3.8) is 0 Å². The number of benzene rings is 2. The Kier molecular flexibility index (Phi) is 7.54. The number of aromatic nitrogens is 3. The van der Waals surface area contributed by atoms with Crippen LogP contribution in [0.15, 0.2) is 56.8 Å². The Bertz CT molecular complexity index is 1550. The molecule has 0 amide bonds. The number of halogens is 1. The number of aryl methyl sites for hydroxylation is 2. The topological polar surface area (TPSA) is 78.5 Å². The van der Waals surface area contributed by atoms with E-state index >= 15 is 0 Å². The van der Waals surface area contributed by atoms with Gasteiger partial charge in [-0.15, -0.1) is 0 Å². The summed E-state index contributed by atoms with van der Waals surface area (Å²) in [7, 11) is 1.38. The summed E-state index contributed by atoms with van der Waals surface area (Å²) in [6.45, 7) is 8.01. The second kappa shape index (κ2) is 10.6. The number of carbonyl (C=O) groups excluding carboxylic acids is 1. The van der Waals surface area contributed by atoms with Gasteiger partial charge in [0.05, 0.1) is 29.8 Å². The Balaban J connectivity index is 1.81. The molecule has 8 heteroatoms. The molecular weight excluding hydrogens is 520 g/mol. The van der Waals surface area contributed by atoms with Crippen LogP contribution < -0.4 is 5.56 Å². The zero-order chi connectivity index (χ0) is 26.0. The third kappa shape index (κ3) is 4.78. The minimum absolute atomic E-state index is 0.195. The Morgan fingerprint density at radius 1 is 1.17 bits per heavy atom. The van der Waals surface area contributed by atoms with E-state index in [9.17, 15) is 9.59 Å². The predicted octanol–water partition coefficient (Wildman–Crippen LogP) is 5.89. The highest BCUT2D eigenvalue weighted by Gasteiger charge is 2.17. The number of fused-ring (bicyclic) bond motifs is 1. The molecule has 0 saturated heterocycles. The van der Waals surface area contributed by atoms with Crippen LogP contribution in [0.2, 0.25) is 0 Å². The average molecular weight is 549 g/mol. The number of esters is 1. The molecule has 0 aliphatic rings. The molecule has 7 nitrogen and oxygen atoms in total. The van der Waals surface area contributed by atoms with E-state index < -0.39 is 0 Å². The SMILES string of the molecule is CCCCc1nc2ccc(Br)cc2c(=O)n1N=Cc1cc(C)n(-c2cccc(C(=O)OC)c2C)c1C. The first-order chi connectivity index (χ1) is 17.3. The van der Waals surface area contributed by atoms with Crippen LogP contribution in [0, 0.1) is 20.8 Å². The van der Waals surface area contributed by atoms with E-state index in [2.05, 4.69) is 32.5 Å². The van der Waals surface area contributed by atoms with Crippen LogP contribution in [0.5, 0.6) is 0 Å². The van der Waals surface area contributed by atoms with Gasteiger partial charge in [0, 0.05) is 33.5 Å². The van der Waals surface area contributed by atoms with Crippen molar-refractivity contribution in [2.24, 2.45) is 5.10 Å². The van der Waals surface area contributed by atoms with Gasteiger partial charge >= 0.3 is 5.97 Å². The van der Waals surface area contributed by atoms with Gasteiger partial charge in [-0.25, -0.2) is 9.78 Å². The summed E-state index contributed by atoms with van der Waals surface area (Å²) < 4.78 is 9.26. The van der Waals surface area contributed by atoms with Gasteiger partial charge in [0.2, 0.25) is 0 Å². The Hall–Kier alpha value is -3.52. The second-order valence-corrected chi connectivity index (χ2v) is 9.67. The van der Waals surface area contributed by atoms with E-state index in [1.54, 1.807) is 18.3 Å². The summed E-state index contributed by atoms with van der Waals surface area (Å²) in [5.41, 5.74) is 5.53. The molecule has 0 N–H and O–H groups in total. The molecular formula is C28H29BrN4O3. The first-order valence-corrected chi connectivity index (χ1v) is 12.7. The lowest BCUT2D eigenvalue weighted by Crippen LogP contribution is -2.22. The van der Waals surface area contributed by atoms with Crippen LogP contribution >= 0.6 is 15.9 Å². The molecule has 4 aromatic rings. The van der Waals surface area contributed by atoms with Gasteiger partial charge in [0.15, 0.2) is 0 Å². The highest BCUT2D eigenvalue weighted by atomic mass is 79.9. The lowest BCUT2D eigenvalue weighted by atomic mass is 10.1. The van der Waals surface area contributed by atoms with Crippen molar-refractivity contribution in [3.8, 4) is 5.69 Å². The molecule has 2 heterocycles. The number of ether oxygens (including phenoxy) is 1. The molecule has 0 saturated carbocycles. The molecule has 0 atom stereocenters. The number of nitrogens with zero attached hydrogens (tertiary/aromatic N) is 4. The molecule has 186 valence electrons. The van der Waals surface area contributed by atoms with Gasteiger partial charge in [-0.05, 0) is 69.2 Å². The predicted molar refractivity (Wildman–Crippen MR) is 147 cm³/mol. The van der Waals surface area contributed by atoms with E-state index in [1.807, 2.05) is 51.1 Å². The Morgan fingerprint density at radius 2 is 1.94 bits per heavy atom.